The van der Waals surface area contributed by atoms with Crippen molar-refractivity contribution in [3.8, 4) is 0 Å². The zero-order chi connectivity index (χ0) is 13.1. The van der Waals surface area contributed by atoms with Crippen LogP contribution in [-0.2, 0) is 17.6 Å². The highest BCUT2D eigenvalue weighted by Gasteiger charge is 2.36. The van der Waals surface area contributed by atoms with Gasteiger partial charge in [-0.15, -0.1) is 0 Å². The van der Waals surface area contributed by atoms with E-state index in [1.165, 1.54) is 0 Å². The summed E-state index contributed by atoms with van der Waals surface area (Å²) in [6.07, 6.45) is -3.04. The quantitative estimate of drug-likeness (QED) is 0.358. The highest BCUT2D eigenvalue weighted by atomic mass is 28.5. The fourth-order valence-electron chi connectivity index (χ4n) is 0.935. The van der Waals surface area contributed by atoms with Crippen molar-refractivity contribution in [1.82, 2.24) is 9.55 Å². The van der Waals surface area contributed by atoms with Gasteiger partial charge in [-0.05, 0) is 0 Å². The van der Waals surface area contributed by atoms with Crippen LogP contribution < -0.4 is 0 Å². The molecule has 0 N–H and O–H groups in total. The molecule has 0 bridgehead atoms. The van der Waals surface area contributed by atoms with Gasteiger partial charge in [-0.25, -0.2) is 17.3 Å². The van der Waals surface area contributed by atoms with Gasteiger partial charge in [-0.2, -0.15) is 13.2 Å². The van der Waals surface area contributed by atoms with Gasteiger partial charge >= 0.3 is 15.3 Å². The Hall–Kier alpha value is -1.03. The van der Waals surface area contributed by atoms with Gasteiger partial charge in [-0.1, -0.05) is 0 Å². The van der Waals surface area contributed by atoms with Crippen molar-refractivity contribution in [2.75, 3.05) is 6.61 Å². The van der Waals surface area contributed by atoms with Crippen LogP contribution in [0.5, 0.6) is 0 Å². The van der Waals surface area contributed by atoms with Gasteiger partial charge in [-0.3, -0.25) is 0 Å². The second-order valence-corrected chi connectivity index (χ2v) is 4.90. The van der Waals surface area contributed by atoms with E-state index in [0.717, 1.165) is 10.9 Å². The van der Waals surface area contributed by atoms with Gasteiger partial charge in [0.25, 0.3) is 0 Å². The SMILES string of the molecule is FC(F)(F)c1cn(COCC[Si](F)(F)F)cn1. The molecular weight excluding hydrogens is 270 g/mol. The molecule has 1 aromatic heterocycles. The molecule has 0 aliphatic carbocycles. The minimum absolute atomic E-state index is 0.381. The van der Waals surface area contributed by atoms with Crippen molar-refractivity contribution >= 4 is 9.08 Å². The van der Waals surface area contributed by atoms with Crippen molar-refractivity contribution in [3.63, 3.8) is 0 Å². The summed E-state index contributed by atoms with van der Waals surface area (Å²) in [4.78, 5) is 3.06. The van der Waals surface area contributed by atoms with Crippen LogP contribution in [0.3, 0.4) is 0 Å². The maximum atomic E-state index is 12.1. The summed E-state index contributed by atoms with van der Waals surface area (Å²) >= 11 is 0. The predicted octanol–water partition coefficient (Wildman–Crippen LogP) is 2.72. The molecule has 1 aromatic rings. The Morgan fingerprint density at radius 3 is 2.41 bits per heavy atom. The molecule has 0 radical (unpaired) electrons. The third-order valence-electron chi connectivity index (χ3n) is 1.69. The smallest absolute Gasteiger partial charge is 0.361 e. The van der Waals surface area contributed by atoms with E-state index in [1.807, 2.05) is 0 Å². The highest BCUT2D eigenvalue weighted by molar-refractivity contribution is 6.58. The average Bonchev–Trinajstić information content (AvgIpc) is 2.58. The van der Waals surface area contributed by atoms with E-state index >= 15 is 0 Å². The minimum atomic E-state index is -5.65. The van der Waals surface area contributed by atoms with Crippen molar-refractivity contribution < 1.29 is 30.2 Å². The summed E-state index contributed by atoms with van der Waals surface area (Å²) in [6.45, 7) is -0.928. The Balaban J connectivity index is 2.36. The Morgan fingerprint density at radius 2 is 1.94 bits per heavy atom. The Morgan fingerprint density at radius 1 is 1.29 bits per heavy atom. The third kappa shape index (κ3) is 5.22. The lowest BCUT2D eigenvalue weighted by Crippen LogP contribution is -2.17. The molecule has 0 aliphatic rings. The molecule has 0 aromatic carbocycles. The number of hydrogen-bond donors (Lipinski definition) is 0. The van der Waals surface area contributed by atoms with Gasteiger partial charge in [0.1, 0.15) is 6.73 Å². The van der Waals surface area contributed by atoms with Crippen molar-refractivity contribution in [3.05, 3.63) is 18.2 Å². The lowest BCUT2D eigenvalue weighted by molar-refractivity contribution is -0.141. The number of rotatable bonds is 5. The molecule has 3 nitrogen and oxygen atoms in total. The first-order chi connectivity index (χ1) is 7.68. The molecule has 0 unspecified atom stereocenters. The van der Waals surface area contributed by atoms with Crippen molar-refractivity contribution in [1.29, 1.82) is 0 Å². The molecule has 98 valence electrons. The molecule has 0 fully saturated rings. The lowest BCUT2D eigenvalue weighted by Gasteiger charge is -2.05. The van der Waals surface area contributed by atoms with Crippen LogP contribution in [0.4, 0.5) is 25.5 Å². The molecule has 1 heterocycles. The van der Waals surface area contributed by atoms with Gasteiger partial charge < -0.3 is 9.30 Å². The number of aromatic nitrogens is 2. The fourth-order valence-corrected chi connectivity index (χ4v) is 1.31. The second-order valence-electron chi connectivity index (χ2n) is 3.17. The predicted molar refractivity (Wildman–Crippen MR) is 47.1 cm³/mol. The fraction of sp³-hybridized carbons (Fsp3) is 0.571. The van der Waals surface area contributed by atoms with Gasteiger partial charge in [0.2, 0.25) is 0 Å². The van der Waals surface area contributed by atoms with Crippen LogP contribution in [0.1, 0.15) is 5.69 Å². The molecule has 10 heteroatoms. The monoisotopic (exact) mass is 278 g/mol. The zero-order valence-corrected chi connectivity index (χ0v) is 9.35. The van der Waals surface area contributed by atoms with Crippen LogP contribution in [-0.4, -0.2) is 25.2 Å². The van der Waals surface area contributed by atoms with Crippen LogP contribution in [0.15, 0.2) is 12.5 Å². The molecule has 0 atom stereocenters. The van der Waals surface area contributed by atoms with Gasteiger partial charge in [0.05, 0.1) is 19.0 Å². The van der Waals surface area contributed by atoms with E-state index in [4.69, 9.17) is 0 Å². The number of alkyl halides is 3. The molecule has 0 saturated heterocycles. The van der Waals surface area contributed by atoms with E-state index in [2.05, 4.69) is 9.72 Å². The van der Waals surface area contributed by atoms with Crippen molar-refractivity contribution in [2.24, 2.45) is 0 Å². The maximum Gasteiger partial charge on any atom is 0.618 e. The Kier molecular flexibility index (Phi) is 4.19. The molecular formula is C7H8F6N2OSi. The Bertz CT molecular complexity index is 360. The Labute approximate surface area is 93.5 Å². The molecule has 0 saturated carbocycles. The number of imidazole rings is 1. The molecule has 0 spiro atoms. The number of halogens is 6. The molecule has 1 rings (SSSR count). The molecule has 0 aliphatic heterocycles. The standard InChI is InChI=1S/C7H8F6N2OSi/c8-7(9,10)6-3-15(4-14-6)5-16-1-2-17(11,12)13/h3-4H,1-2,5H2. The van der Waals surface area contributed by atoms with Crippen LogP contribution in [0.25, 0.3) is 0 Å². The summed E-state index contributed by atoms with van der Waals surface area (Å²) < 4.78 is 77.3. The number of ether oxygens (including phenoxy) is 1. The summed E-state index contributed by atoms with van der Waals surface area (Å²) in [5, 5.41) is 0. The number of nitrogens with zero attached hydrogens (tertiary/aromatic N) is 2. The van der Waals surface area contributed by atoms with E-state index < -0.39 is 33.6 Å². The average molecular weight is 278 g/mol. The van der Waals surface area contributed by atoms with Gasteiger partial charge in [0.15, 0.2) is 5.69 Å². The van der Waals surface area contributed by atoms with Crippen molar-refractivity contribution in [2.45, 2.75) is 19.0 Å². The van der Waals surface area contributed by atoms with Crippen LogP contribution >= 0.6 is 0 Å². The van der Waals surface area contributed by atoms with E-state index in [0.29, 0.717) is 6.20 Å². The summed E-state index contributed by atoms with van der Waals surface area (Å²) in [5.41, 5.74) is -1.11. The largest absolute Gasteiger partial charge is 0.618 e. The first kappa shape index (κ1) is 14.0. The minimum Gasteiger partial charge on any atom is -0.361 e. The third-order valence-corrected chi connectivity index (χ3v) is 2.46. The van der Waals surface area contributed by atoms with E-state index in [9.17, 15) is 25.5 Å². The second kappa shape index (κ2) is 5.08. The first-order valence-electron chi connectivity index (χ1n) is 4.42. The number of hydrogen-bond acceptors (Lipinski definition) is 2. The van der Waals surface area contributed by atoms with Crippen LogP contribution in [0.2, 0.25) is 6.04 Å². The topological polar surface area (TPSA) is 27.1 Å². The van der Waals surface area contributed by atoms with E-state index in [-0.39, 0.29) is 6.73 Å². The van der Waals surface area contributed by atoms with Gasteiger partial charge in [0, 0.05) is 6.20 Å². The summed E-state index contributed by atoms with van der Waals surface area (Å²) in [6, 6.07) is -1.01. The summed E-state index contributed by atoms with van der Waals surface area (Å²) in [7, 11) is -5.65. The first-order valence-corrected chi connectivity index (χ1v) is 6.26. The summed E-state index contributed by atoms with van der Waals surface area (Å²) in [5.74, 6) is 0. The molecule has 0 amide bonds. The normalized spacial score (nSPS) is 13.1. The van der Waals surface area contributed by atoms with Crippen LogP contribution in [0, 0.1) is 0 Å². The highest BCUT2D eigenvalue weighted by Crippen LogP contribution is 2.27. The molecule has 17 heavy (non-hydrogen) atoms. The maximum absolute atomic E-state index is 12.1. The lowest BCUT2D eigenvalue weighted by atomic mass is 10.5. The van der Waals surface area contributed by atoms with E-state index in [1.54, 1.807) is 0 Å². The zero-order valence-electron chi connectivity index (χ0n) is 8.35.